The molecule has 12 heavy (non-hydrogen) atoms. The van der Waals surface area contributed by atoms with E-state index in [1.54, 1.807) is 18.2 Å². The molecule has 0 aliphatic carbocycles. The molecule has 0 atom stereocenters. The normalized spacial score (nSPS) is 7.42. The molecule has 0 radical (unpaired) electrons. The van der Waals surface area contributed by atoms with E-state index in [4.69, 9.17) is 5.26 Å². The van der Waals surface area contributed by atoms with Crippen molar-refractivity contribution in [1.82, 2.24) is 0 Å². The lowest BCUT2D eigenvalue weighted by Gasteiger charge is -1.87. The fourth-order valence-corrected chi connectivity index (χ4v) is 0.806. The fraction of sp³-hybridized carbons (Fsp3) is 0.111. The van der Waals surface area contributed by atoms with Crippen molar-refractivity contribution < 1.29 is 4.79 Å². The molecule has 0 aliphatic rings. The Bertz CT molecular complexity index is 274. The maximum absolute atomic E-state index is 10.1. The second kappa shape index (κ2) is 6.56. The van der Waals surface area contributed by atoms with Crippen LogP contribution < -0.4 is 0 Å². The lowest BCUT2D eigenvalue weighted by Crippen LogP contribution is -1.75. The molecule has 1 aromatic rings. The number of carbonyl (C=O) groups is 1. The Labute approximate surface area is 80.0 Å². The standard InChI is InChI=1S/C7H5BrO.C2H3N/c8-7-3-1-6(5-9)2-4-7;1-2-3/h1-5H;1H3. The summed E-state index contributed by atoms with van der Waals surface area (Å²) in [6.07, 6.45) is 0.826. The first-order valence-corrected chi connectivity index (χ1v) is 4.05. The molecule has 62 valence electrons. The monoisotopic (exact) mass is 225 g/mol. The van der Waals surface area contributed by atoms with Gasteiger partial charge in [-0.1, -0.05) is 28.1 Å². The van der Waals surface area contributed by atoms with Crippen LogP contribution >= 0.6 is 15.9 Å². The lowest BCUT2D eigenvalue weighted by molar-refractivity contribution is 0.112. The van der Waals surface area contributed by atoms with Crippen LogP contribution in [-0.4, -0.2) is 6.29 Å². The molecule has 0 amide bonds. The van der Waals surface area contributed by atoms with E-state index >= 15 is 0 Å². The number of halogens is 1. The molecule has 0 aromatic heterocycles. The van der Waals surface area contributed by atoms with Gasteiger partial charge in [0.05, 0.1) is 6.07 Å². The van der Waals surface area contributed by atoms with Gasteiger partial charge in [0.15, 0.2) is 0 Å². The number of carbonyl (C=O) groups excluding carboxylic acids is 1. The van der Waals surface area contributed by atoms with Crippen molar-refractivity contribution >= 4 is 22.2 Å². The van der Waals surface area contributed by atoms with Crippen molar-refractivity contribution in [2.24, 2.45) is 0 Å². The first kappa shape index (κ1) is 10.9. The summed E-state index contributed by atoms with van der Waals surface area (Å²) in [5, 5.41) is 7.32. The highest BCUT2D eigenvalue weighted by Gasteiger charge is 1.86. The van der Waals surface area contributed by atoms with Crippen LogP contribution in [0.15, 0.2) is 28.7 Å². The maximum atomic E-state index is 10.1. The topological polar surface area (TPSA) is 40.9 Å². The van der Waals surface area contributed by atoms with Gasteiger partial charge < -0.3 is 0 Å². The van der Waals surface area contributed by atoms with E-state index in [-0.39, 0.29) is 0 Å². The van der Waals surface area contributed by atoms with Crippen LogP contribution in [0.3, 0.4) is 0 Å². The number of hydrogen-bond donors (Lipinski definition) is 0. The summed E-state index contributed by atoms with van der Waals surface area (Å²) in [6, 6.07) is 8.95. The predicted octanol–water partition coefficient (Wildman–Crippen LogP) is 2.79. The Balaban J connectivity index is 0.000000354. The summed E-state index contributed by atoms with van der Waals surface area (Å²) in [5.74, 6) is 0. The van der Waals surface area contributed by atoms with Gasteiger partial charge in [-0.05, 0) is 12.1 Å². The van der Waals surface area contributed by atoms with E-state index in [2.05, 4.69) is 15.9 Å². The second-order valence-electron chi connectivity index (χ2n) is 1.89. The van der Waals surface area contributed by atoms with Crippen molar-refractivity contribution in [3.8, 4) is 6.07 Å². The van der Waals surface area contributed by atoms with Crippen molar-refractivity contribution in [3.05, 3.63) is 34.3 Å². The summed E-state index contributed by atoms with van der Waals surface area (Å²) < 4.78 is 0.994. The first-order valence-electron chi connectivity index (χ1n) is 3.26. The summed E-state index contributed by atoms with van der Waals surface area (Å²) in [4.78, 5) is 10.1. The van der Waals surface area contributed by atoms with Crippen molar-refractivity contribution in [2.75, 3.05) is 0 Å². The van der Waals surface area contributed by atoms with Crippen molar-refractivity contribution in [2.45, 2.75) is 6.92 Å². The molecule has 0 unspecified atom stereocenters. The van der Waals surface area contributed by atoms with E-state index < -0.39 is 0 Å². The molecule has 0 fully saturated rings. The minimum atomic E-state index is 0.707. The van der Waals surface area contributed by atoms with Crippen LogP contribution in [0.2, 0.25) is 0 Å². The molecular formula is C9H8BrNO. The molecule has 0 heterocycles. The summed E-state index contributed by atoms with van der Waals surface area (Å²) in [6.45, 7) is 1.43. The van der Waals surface area contributed by atoms with Gasteiger partial charge in [0.2, 0.25) is 0 Å². The van der Waals surface area contributed by atoms with Gasteiger partial charge in [-0.3, -0.25) is 4.79 Å². The van der Waals surface area contributed by atoms with Gasteiger partial charge in [0.25, 0.3) is 0 Å². The van der Waals surface area contributed by atoms with E-state index in [1.807, 2.05) is 12.1 Å². The quantitative estimate of drug-likeness (QED) is 0.690. The molecule has 2 nitrogen and oxygen atoms in total. The predicted molar refractivity (Wildman–Crippen MR) is 50.8 cm³/mol. The van der Waals surface area contributed by atoms with Gasteiger partial charge in [-0.15, -0.1) is 0 Å². The Kier molecular flexibility index (Phi) is 5.94. The number of aldehydes is 1. The Morgan fingerprint density at radius 3 is 2.17 bits per heavy atom. The molecular weight excluding hydrogens is 218 g/mol. The maximum Gasteiger partial charge on any atom is 0.150 e. The summed E-state index contributed by atoms with van der Waals surface area (Å²) in [5.41, 5.74) is 0.707. The highest BCUT2D eigenvalue weighted by Crippen LogP contribution is 2.08. The van der Waals surface area contributed by atoms with E-state index in [9.17, 15) is 4.79 Å². The number of hydrogen-bond acceptors (Lipinski definition) is 2. The van der Waals surface area contributed by atoms with Gasteiger partial charge in [-0.2, -0.15) is 5.26 Å². The summed E-state index contributed by atoms with van der Waals surface area (Å²) in [7, 11) is 0. The third-order valence-electron chi connectivity index (χ3n) is 1.01. The zero-order valence-corrected chi connectivity index (χ0v) is 8.21. The van der Waals surface area contributed by atoms with E-state index in [0.717, 1.165) is 10.8 Å². The van der Waals surface area contributed by atoms with Crippen molar-refractivity contribution in [1.29, 1.82) is 5.26 Å². The molecule has 3 heteroatoms. The minimum Gasteiger partial charge on any atom is -0.298 e. The average Bonchev–Trinajstić information content (AvgIpc) is 2.07. The third-order valence-corrected chi connectivity index (χ3v) is 1.53. The van der Waals surface area contributed by atoms with Crippen LogP contribution in [0.1, 0.15) is 17.3 Å². The number of nitriles is 1. The fourth-order valence-electron chi connectivity index (χ4n) is 0.541. The van der Waals surface area contributed by atoms with Crippen LogP contribution in [0.4, 0.5) is 0 Å². The Hall–Kier alpha value is -1.14. The largest absolute Gasteiger partial charge is 0.298 e. The minimum absolute atomic E-state index is 0.707. The second-order valence-corrected chi connectivity index (χ2v) is 2.81. The van der Waals surface area contributed by atoms with Crippen molar-refractivity contribution in [3.63, 3.8) is 0 Å². The third kappa shape index (κ3) is 4.64. The molecule has 0 bridgehead atoms. The van der Waals surface area contributed by atoms with Gasteiger partial charge in [0.1, 0.15) is 6.29 Å². The molecule has 1 aromatic carbocycles. The Morgan fingerprint density at radius 1 is 1.42 bits per heavy atom. The van der Waals surface area contributed by atoms with Crippen LogP contribution in [0.25, 0.3) is 0 Å². The molecule has 0 saturated carbocycles. The van der Waals surface area contributed by atoms with Crippen LogP contribution in [-0.2, 0) is 0 Å². The average molecular weight is 226 g/mol. The molecule has 1 rings (SSSR count). The zero-order chi connectivity index (χ0) is 9.40. The smallest absolute Gasteiger partial charge is 0.150 e. The number of benzene rings is 1. The van der Waals surface area contributed by atoms with E-state index in [1.165, 1.54) is 6.92 Å². The van der Waals surface area contributed by atoms with E-state index in [0.29, 0.717) is 5.56 Å². The molecule has 0 N–H and O–H groups in total. The molecule has 0 spiro atoms. The zero-order valence-electron chi connectivity index (χ0n) is 6.62. The van der Waals surface area contributed by atoms with Gasteiger partial charge in [-0.25, -0.2) is 0 Å². The van der Waals surface area contributed by atoms with Gasteiger partial charge >= 0.3 is 0 Å². The highest BCUT2D eigenvalue weighted by molar-refractivity contribution is 9.10. The first-order chi connectivity index (χ1) is 5.74. The number of rotatable bonds is 1. The van der Waals surface area contributed by atoms with Crippen LogP contribution in [0.5, 0.6) is 0 Å². The lowest BCUT2D eigenvalue weighted by atomic mass is 10.2. The van der Waals surface area contributed by atoms with Gasteiger partial charge in [0, 0.05) is 17.0 Å². The molecule has 0 saturated heterocycles. The number of nitrogens with zero attached hydrogens (tertiary/aromatic N) is 1. The SMILES string of the molecule is CC#N.O=Cc1ccc(Br)cc1. The molecule has 0 aliphatic heterocycles. The van der Waals surface area contributed by atoms with Crippen LogP contribution in [0, 0.1) is 11.3 Å². The summed E-state index contributed by atoms with van der Waals surface area (Å²) >= 11 is 3.26. The Morgan fingerprint density at radius 2 is 1.83 bits per heavy atom. The highest BCUT2D eigenvalue weighted by atomic mass is 79.9.